The maximum atomic E-state index is 12.8. The van der Waals surface area contributed by atoms with Gasteiger partial charge in [-0.1, -0.05) is 48.3 Å². The third-order valence-corrected chi connectivity index (χ3v) is 7.17. The lowest BCUT2D eigenvalue weighted by molar-refractivity contribution is -0.131. The molecule has 1 aromatic heterocycles. The molecule has 1 saturated carbocycles. The second kappa shape index (κ2) is 8.87. The summed E-state index contributed by atoms with van der Waals surface area (Å²) in [6.07, 6.45) is 8.12. The molecule has 4 rings (SSSR count). The molecule has 0 spiro atoms. The van der Waals surface area contributed by atoms with Gasteiger partial charge in [-0.2, -0.15) is 0 Å². The maximum absolute atomic E-state index is 12.8. The first-order chi connectivity index (χ1) is 13.6. The molecule has 2 fully saturated rings. The zero-order valence-corrected chi connectivity index (χ0v) is 17.9. The molecule has 2 heterocycles. The van der Waals surface area contributed by atoms with Crippen LogP contribution < -0.4 is 0 Å². The van der Waals surface area contributed by atoms with Crippen LogP contribution in [-0.4, -0.2) is 43.9 Å². The number of piperidine rings is 1. The van der Waals surface area contributed by atoms with Gasteiger partial charge in [0.2, 0.25) is 5.91 Å². The first kappa shape index (κ1) is 19.8. The fourth-order valence-electron chi connectivity index (χ4n) is 4.37. The Bertz CT molecular complexity index is 834. The first-order valence-electron chi connectivity index (χ1n) is 10.3. The summed E-state index contributed by atoms with van der Waals surface area (Å²) in [6.45, 7) is 3.03. The molecule has 5 nitrogen and oxygen atoms in total. The molecular formula is C21H27ClN4OS. The van der Waals surface area contributed by atoms with Crippen LogP contribution in [0.4, 0.5) is 0 Å². The van der Waals surface area contributed by atoms with Crippen LogP contribution in [0.1, 0.15) is 57.9 Å². The Morgan fingerprint density at radius 1 is 1.14 bits per heavy atom. The van der Waals surface area contributed by atoms with Gasteiger partial charge in [0.15, 0.2) is 11.0 Å². The van der Waals surface area contributed by atoms with Crippen LogP contribution in [0.25, 0.3) is 11.4 Å². The van der Waals surface area contributed by atoms with E-state index in [1.165, 1.54) is 31.0 Å². The molecule has 1 amide bonds. The second-order valence-electron chi connectivity index (χ2n) is 7.81. The molecule has 1 aliphatic heterocycles. The van der Waals surface area contributed by atoms with E-state index in [4.69, 9.17) is 11.6 Å². The average Bonchev–Trinajstić information content (AvgIpc) is 3.36. The van der Waals surface area contributed by atoms with Crippen molar-refractivity contribution in [2.45, 2.75) is 69.1 Å². The van der Waals surface area contributed by atoms with Crippen molar-refractivity contribution in [3.8, 4) is 11.4 Å². The van der Waals surface area contributed by atoms with Gasteiger partial charge in [0.25, 0.3) is 0 Å². The van der Waals surface area contributed by atoms with Crippen molar-refractivity contribution in [3.63, 3.8) is 0 Å². The fraction of sp³-hybridized carbons (Fsp3) is 0.571. The molecule has 150 valence electrons. The first-order valence-corrected chi connectivity index (χ1v) is 11.6. The highest BCUT2D eigenvalue weighted by molar-refractivity contribution is 7.99. The van der Waals surface area contributed by atoms with Crippen LogP contribution >= 0.6 is 23.4 Å². The number of rotatable bonds is 5. The van der Waals surface area contributed by atoms with Gasteiger partial charge in [0.1, 0.15) is 0 Å². The molecule has 0 radical (unpaired) electrons. The molecule has 1 aliphatic carbocycles. The second-order valence-corrected chi connectivity index (χ2v) is 9.16. The van der Waals surface area contributed by atoms with Gasteiger partial charge in [-0.3, -0.25) is 9.36 Å². The van der Waals surface area contributed by atoms with E-state index in [0.29, 0.717) is 22.9 Å². The smallest absolute Gasteiger partial charge is 0.233 e. The summed E-state index contributed by atoms with van der Waals surface area (Å²) in [6, 6.07) is 8.51. The van der Waals surface area contributed by atoms with Crippen LogP contribution in [0, 0.1) is 0 Å². The normalized spacial score (nSPS) is 20.6. The number of carbonyl (C=O) groups is 1. The number of hydrogen-bond donors (Lipinski definition) is 0. The summed E-state index contributed by atoms with van der Waals surface area (Å²) >= 11 is 7.96. The Morgan fingerprint density at radius 2 is 1.89 bits per heavy atom. The highest BCUT2D eigenvalue weighted by atomic mass is 35.5. The number of likely N-dealkylation sites (tertiary alicyclic amines) is 1. The van der Waals surface area contributed by atoms with Gasteiger partial charge in [-0.15, -0.1) is 10.2 Å². The van der Waals surface area contributed by atoms with E-state index in [1.54, 1.807) is 0 Å². The van der Waals surface area contributed by atoms with Crippen LogP contribution in [0.2, 0.25) is 5.02 Å². The molecule has 2 aliphatic rings. The summed E-state index contributed by atoms with van der Waals surface area (Å²) in [5, 5.41) is 10.5. The summed E-state index contributed by atoms with van der Waals surface area (Å²) in [5.41, 5.74) is 0.909. The predicted molar refractivity (Wildman–Crippen MR) is 114 cm³/mol. The molecule has 7 heteroatoms. The molecule has 1 atom stereocenters. The minimum absolute atomic E-state index is 0.206. The minimum Gasteiger partial charge on any atom is -0.339 e. The number of thioether (sulfide) groups is 1. The van der Waals surface area contributed by atoms with Gasteiger partial charge in [0, 0.05) is 24.2 Å². The quantitative estimate of drug-likeness (QED) is 0.625. The summed E-state index contributed by atoms with van der Waals surface area (Å²) in [5.74, 6) is 1.44. The monoisotopic (exact) mass is 418 g/mol. The third kappa shape index (κ3) is 4.08. The Kier molecular flexibility index (Phi) is 6.26. The average molecular weight is 419 g/mol. The summed E-state index contributed by atoms with van der Waals surface area (Å²) < 4.78 is 2.23. The highest BCUT2D eigenvalue weighted by Crippen LogP contribution is 2.38. The molecule has 1 aromatic carbocycles. The topological polar surface area (TPSA) is 51.0 Å². The Labute approximate surface area is 175 Å². The molecule has 28 heavy (non-hydrogen) atoms. The van der Waals surface area contributed by atoms with E-state index >= 15 is 0 Å². The lowest BCUT2D eigenvalue weighted by Crippen LogP contribution is -2.43. The molecular weight excluding hydrogens is 392 g/mol. The van der Waals surface area contributed by atoms with E-state index in [2.05, 4.69) is 21.7 Å². The van der Waals surface area contributed by atoms with Crippen molar-refractivity contribution in [1.29, 1.82) is 0 Å². The van der Waals surface area contributed by atoms with Crippen LogP contribution in [0.3, 0.4) is 0 Å². The van der Waals surface area contributed by atoms with Crippen molar-refractivity contribution < 1.29 is 4.79 Å². The lowest BCUT2D eigenvalue weighted by Gasteiger charge is -2.33. The highest BCUT2D eigenvalue weighted by Gasteiger charge is 2.28. The molecule has 0 bridgehead atoms. The van der Waals surface area contributed by atoms with Crippen molar-refractivity contribution in [3.05, 3.63) is 29.3 Å². The maximum Gasteiger partial charge on any atom is 0.233 e. The number of aromatic nitrogens is 3. The Balaban J connectivity index is 1.57. The lowest BCUT2D eigenvalue weighted by atomic mass is 10.0. The summed E-state index contributed by atoms with van der Waals surface area (Å²) in [4.78, 5) is 14.8. The van der Waals surface area contributed by atoms with E-state index in [-0.39, 0.29) is 5.91 Å². The standard InChI is InChI=1S/C21H27ClN4OS/c1-15-8-6-7-13-25(15)19(27)14-28-21-24-23-20(17-11-4-5-12-18(17)22)26(21)16-9-2-3-10-16/h4-5,11-12,15-16H,2-3,6-10,13-14H2,1H3/t15-/m0/s1. The fourth-order valence-corrected chi connectivity index (χ4v) is 5.48. The van der Waals surface area contributed by atoms with Gasteiger partial charge < -0.3 is 4.90 Å². The number of hydrogen-bond acceptors (Lipinski definition) is 4. The van der Waals surface area contributed by atoms with Crippen LogP contribution in [0.15, 0.2) is 29.4 Å². The van der Waals surface area contributed by atoms with E-state index in [1.807, 2.05) is 29.2 Å². The zero-order chi connectivity index (χ0) is 19.5. The number of benzene rings is 1. The summed E-state index contributed by atoms with van der Waals surface area (Å²) in [7, 11) is 0. The van der Waals surface area contributed by atoms with E-state index in [0.717, 1.165) is 48.8 Å². The molecule has 2 aromatic rings. The van der Waals surface area contributed by atoms with Gasteiger partial charge in [-0.25, -0.2) is 0 Å². The Hall–Kier alpha value is -1.53. The van der Waals surface area contributed by atoms with E-state index < -0.39 is 0 Å². The van der Waals surface area contributed by atoms with Crippen molar-refractivity contribution in [2.24, 2.45) is 0 Å². The van der Waals surface area contributed by atoms with Crippen LogP contribution in [-0.2, 0) is 4.79 Å². The Morgan fingerprint density at radius 3 is 2.64 bits per heavy atom. The molecule has 0 N–H and O–H groups in total. The van der Waals surface area contributed by atoms with Crippen molar-refractivity contribution >= 4 is 29.3 Å². The van der Waals surface area contributed by atoms with Gasteiger partial charge in [0.05, 0.1) is 10.8 Å². The zero-order valence-electron chi connectivity index (χ0n) is 16.3. The number of carbonyl (C=O) groups excluding carboxylic acids is 1. The molecule has 1 saturated heterocycles. The number of amides is 1. The minimum atomic E-state index is 0.206. The van der Waals surface area contributed by atoms with Crippen molar-refractivity contribution in [1.82, 2.24) is 19.7 Å². The van der Waals surface area contributed by atoms with Crippen LogP contribution in [0.5, 0.6) is 0 Å². The van der Waals surface area contributed by atoms with Crippen molar-refractivity contribution in [2.75, 3.05) is 12.3 Å². The predicted octanol–water partition coefficient (Wildman–Crippen LogP) is 5.21. The molecule has 0 unspecified atom stereocenters. The SMILES string of the molecule is C[C@H]1CCCCN1C(=O)CSc1nnc(-c2ccccc2Cl)n1C1CCCC1. The number of nitrogens with zero attached hydrogens (tertiary/aromatic N) is 4. The number of halogens is 1. The van der Waals surface area contributed by atoms with E-state index in [9.17, 15) is 4.79 Å². The third-order valence-electron chi connectivity index (χ3n) is 5.92. The van der Waals surface area contributed by atoms with Gasteiger partial charge >= 0.3 is 0 Å². The van der Waals surface area contributed by atoms with Gasteiger partial charge in [-0.05, 0) is 51.2 Å². The largest absolute Gasteiger partial charge is 0.339 e.